The van der Waals surface area contributed by atoms with Gasteiger partial charge in [-0.3, -0.25) is 4.79 Å². The normalized spacial score (nSPS) is 13.9. The Labute approximate surface area is 179 Å². The molecule has 2 rings (SSSR count). The maximum atomic E-state index is 14.5. The van der Waals surface area contributed by atoms with Crippen molar-refractivity contribution in [3.63, 3.8) is 0 Å². The molecule has 2 aromatic carbocycles. The molecular formula is C20H21Cl2FN2O3S. The van der Waals surface area contributed by atoms with Gasteiger partial charge in [-0.25, -0.2) is 12.8 Å². The summed E-state index contributed by atoms with van der Waals surface area (Å²) in [5, 5.41) is 7.29. The van der Waals surface area contributed by atoms with Gasteiger partial charge in [0.1, 0.15) is 5.82 Å². The summed E-state index contributed by atoms with van der Waals surface area (Å²) in [6, 6.07) is 8.75. The Kier molecular flexibility index (Phi) is 7.68. The van der Waals surface area contributed by atoms with Gasteiger partial charge in [-0.2, -0.15) is 0 Å². The SMILES string of the molecule is C[C@H](/C=C/S(C)(=O)=O)NC(=O)c1cc(Cl)c(N[C@@H](C)c2ccccc2Cl)cc1F. The molecule has 0 saturated carbocycles. The molecule has 0 aliphatic carbocycles. The van der Waals surface area contributed by atoms with Crippen LogP contribution in [-0.4, -0.2) is 26.6 Å². The molecule has 29 heavy (non-hydrogen) atoms. The predicted octanol–water partition coefficient (Wildman–Crippen LogP) is 4.98. The quantitative estimate of drug-likeness (QED) is 0.613. The molecule has 0 saturated heterocycles. The van der Waals surface area contributed by atoms with E-state index in [2.05, 4.69) is 10.6 Å². The van der Waals surface area contributed by atoms with Crippen LogP contribution < -0.4 is 10.6 Å². The lowest BCUT2D eigenvalue weighted by Gasteiger charge is -2.19. The van der Waals surface area contributed by atoms with Gasteiger partial charge in [0, 0.05) is 22.7 Å². The maximum absolute atomic E-state index is 14.5. The number of amides is 1. The molecule has 0 fully saturated rings. The van der Waals surface area contributed by atoms with Crippen LogP contribution in [0.2, 0.25) is 10.0 Å². The Balaban J connectivity index is 2.17. The van der Waals surface area contributed by atoms with Gasteiger partial charge < -0.3 is 10.6 Å². The number of halogens is 3. The molecule has 156 valence electrons. The van der Waals surface area contributed by atoms with Crippen molar-refractivity contribution in [2.45, 2.75) is 25.9 Å². The van der Waals surface area contributed by atoms with Crippen molar-refractivity contribution >= 4 is 44.6 Å². The first-order valence-electron chi connectivity index (χ1n) is 8.67. The van der Waals surface area contributed by atoms with E-state index in [1.165, 1.54) is 12.1 Å². The minimum Gasteiger partial charge on any atom is -0.377 e. The molecule has 0 aromatic heterocycles. The van der Waals surface area contributed by atoms with Crippen molar-refractivity contribution < 1.29 is 17.6 Å². The van der Waals surface area contributed by atoms with Gasteiger partial charge in [-0.15, -0.1) is 0 Å². The molecule has 5 nitrogen and oxygen atoms in total. The fourth-order valence-corrected chi connectivity index (χ4v) is 3.60. The van der Waals surface area contributed by atoms with E-state index in [1.807, 2.05) is 25.1 Å². The molecule has 2 atom stereocenters. The first-order valence-corrected chi connectivity index (χ1v) is 11.4. The van der Waals surface area contributed by atoms with Gasteiger partial charge in [0.15, 0.2) is 9.84 Å². The van der Waals surface area contributed by atoms with Crippen molar-refractivity contribution in [2.75, 3.05) is 11.6 Å². The van der Waals surface area contributed by atoms with Crippen LogP contribution in [0.3, 0.4) is 0 Å². The molecule has 0 unspecified atom stereocenters. The van der Waals surface area contributed by atoms with Gasteiger partial charge in [0.05, 0.1) is 22.3 Å². The second-order valence-corrected chi connectivity index (χ2v) is 9.37. The number of rotatable bonds is 7. The van der Waals surface area contributed by atoms with Gasteiger partial charge in [-0.05, 0) is 37.6 Å². The lowest BCUT2D eigenvalue weighted by Crippen LogP contribution is -2.31. The molecule has 0 aliphatic heterocycles. The summed E-state index contributed by atoms with van der Waals surface area (Å²) in [6.45, 7) is 3.42. The number of benzene rings is 2. The van der Waals surface area contributed by atoms with E-state index in [9.17, 15) is 17.6 Å². The number of nitrogens with one attached hydrogen (secondary N) is 2. The van der Waals surface area contributed by atoms with Gasteiger partial charge >= 0.3 is 0 Å². The molecular weight excluding hydrogens is 438 g/mol. The standard InChI is InChI=1S/C20H21Cl2FN2O3S/c1-12(8-9-29(3,27)28)24-20(26)15-10-17(22)19(11-18(15)23)25-13(2)14-6-4-5-7-16(14)21/h4-13,25H,1-3H3,(H,24,26)/b9-8+/t12-,13+/m1/s1. The highest BCUT2D eigenvalue weighted by Gasteiger charge is 2.18. The zero-order chi connectivity index (χ0) is 21.8. The Morgan fingerprint density at radius 1 is 1.14 bits per heavy atom. The summed E-state index contributed by atoms with van der Waals surface area (Å²) < 4.78 is 36.8. The minimum absolute atomic E-state index is 0.162. The van der Waals surface area contributed by atoms with E-state index in [0.717, 1.165) is 23.3 Å². The van der Waals surface area contributed by atoms with E-state index < -0.39 is 27.6 Å². The summed E-state index contributed by atoms with van der Waals surface area (Å²) in [5.74, 6) is -1.47. The van der Waals surface area contributed by atoms with Crippen LogP contribution >= 0.6 is 23.2 Å². The predicted molar refractivity (Wildman–Crippen MR) is 116 cm³/mol. The number of sulfone groups is 1. The summed E-state index contributed by atoms with van der Waals surface area (Å²) in [5.41, 5.74) is 0.891. The van der Waals surface area contributed by atoms with Crippen LogP contribution in [0.1, 0.15) is 35.8 Å². The Morgan fingerprint density at radius 2 is 1.79 bits per heavy atom. The smallest absolute Gasteiger partial charge is 0.254 e. The third kappa shape index (κ3) is 6.73. The number of carbonyl (C=O) groups is 1. The van der Waals surface area contributed by atoms with E-state index in [4.69, 9.17) is 23.2 Å². The van der Waals surface area contributed by atoms with Crippen LogP contribution in [0, 0.1) is 5.82 Å². The van der Waals surface area contributed by atoms with Crippen LogP contribution in [0.4, 0.5) is 10.1 Å². The minimum atomic E-state index is -3.32. The first-order chi connectivity index (χ1) is 13.5. The summed E-state index contributed by atoms with van der Waals surface area (Å²) in [6.07, 6.45) is 2.33. The van der Waals surface area contributed by atoms with E-state index in [0.29, 0.717) is 10.7 Å². The lowest BCUT2D eigenvalue weighted by molar-refractivity contribution is 0.0943. The highest BCUT2D eigenvalue weighted by molar-refractivity contribution is 7.93. The fourth-order valence-electron chi connectivity index (χ4n) is 2.56. The summed E-state index contributed by atoms with van der Waals surface area (Å²) in [4.78, 5) is 12.3. The summed E-state index contributed by atoms with van der Waals surface area (Å²) >= 11 is 12.4. The number of carbonyl (C=O) groups excluding carboxylic acids is 1. The van der Waals surface area contributed by atoms with Gasteiger partial charge in [0.2, 0.25) is 0 Å². The molecule has 2 aromatic rings. The van der Waals surface area contributed by atoms with Crippen molar-refractivity contribution in [2.24, 2.45) is 0 Å². The highest BCUT2D eigenvalue weighted by Crippen LogP contribution is 2.31. The van der Waals surface area contributed by atoms with Crippen molar-refractivity contribution in [3.05, 3.63) is 74.9 Å². The van der Waals surface area contributed by atoms with Crippen molar-refractivity contribution in [1.29, 1.82) is 0 Å². The van der Waals surface area contributed by atoms with Gasteiger partial charge in [-0.1, -0.05) is 47.5 Å². The lowest BCUT2D eigenvalue weighted by atomic mass is 10.1. The van der Waals surface area contributed by atoms with Crippen LogP contribution in [0.25, 0.3) is 0 Å². The second kappa shape index (κ2) is 9.61. The molecule has 1 amide bonds. The molecule has 0 bridgehead atoms. The van der Waals surface area contributed by atoms with Crippen LogP contribution in [0.5, 0.6) is 0 Å². The van der Waals surface area contributed by atoms with Crippen molar-refractivity contribution in [3.8, 4) is 0 Å². The molecule has 9 heteroatoms. The maximum Gasteiger partial charge on any atom is 0.254 e. The Morgan fingerprint density at radius 3 is 2.41 bits per heavy atom. The highest BCUT2D eigenvalue weighted by atomic mass is 35.5. The topological polar surface area (TPSA) is 75.3 Å². The number of hydrogen-bond donors (Lipinski definition) is 2. The molecule has 0 heterocycles. The Bertz CT molecular complexity index is 1040. The second-order valence-electron chi connectivity index (χ2n) is 6.62. The molecule has 0 radical (unpaired) electrons. The zero-order valence-corrected chi connectivity index (χ0v) is 18.4. The van der Waals surface area contributed by atoms with E-state index in [1.54, 1.807) is 13.0 Å². The molecule has 2 N–H and O–H groups in total. The number of anilines is 1. The van der Waals surface area contributed by atoms with E-state index >= 15 is 0 Å². The van der Waals surface area contributed by atoms with Crippen LogP contribution in [0.15, 0.2) is 47.9 Å². The van der Waals surface area contributed by atoms with Crippen LogP contribution in [-0.2, 0) is 9.84 Å². The monoisotopic (exact) mass is 458 g/mol. The van der Waals surface area contributed by atoms with Crippen molar-refractivity contribution in [1.82, 2.24) is 5.32 Å². The first kappa shape index (κ1) is 23.2. The molecule has 0 aliphatic rings. The fraction of sp³-hybridized carbons (Fsp3) is 0.250. The summed E-state index contributed by atoms with van der Waals surface area (Å²) in [7, 11) is -3.32. The van der Waals surface area contributed by atoms with E-state index in [-0.39, 0.29) is 16.6 Å². The number of hydrogen-bond acceptors (Lipinski definition) is 4. The average molecular weight is 459 g/mol. The van der Waals surface area contributed by atoms with Gasteiger partial charge in [0.25, 0.3) is 5.91 Å². The Hall–Kier alpha value is -2.09. The zero-order valence-electron chi connectivity index (χ0n) is 16.0. The average Bonchev–Trinajstić information content (AvgIpc) is 2.62. The third-order valence-corrected chi connectivity index (χ3v) is 5.33. The molecule has 0 spiro atoms. The third-order valence-electron chi connectivity index (χ3n) is 4.02. The largest absolute Gasteiger partial charge is 0.377 e.